The van der Waals surface area contributed by atoms with Crippen LogP contribution in [0.1, 0.15) is 155 Å². The van der Waals surface area contributed by atoms with Gasteiger partial charge in [0, 0.05) is 61.8 Å². The highest BCUT2D eigenvalue weighted by molar-refractivity contribution is 6.63. The Morgan fingerprint density at radius 2 is 1.08 bits per heavy atom. The van der Waals surface area contributed by atoms with Crippen molar-refractivity contribution in [2.24, 2.45) is 11.8 Å². The molecular formula is C55H75ClF2N4O2. The van der Waals surface area contributed by atoms with Gasteiger partial charge >= 0.3 is 0 Å². The number of carbonyl (C=O) groups is 2. The predicted octanol–water partition coefficient (Wildman–Crippen LogP) is 14.4. The molecule has 0 radical (unpaired) electrons. The van der Waals surface area contributed by atoms with Gasteiger partial charge in [0.2, 0.25) is 11.1 Å². The summed E-state index contributed by atoms with van der Waals surface area (Å²) in [5, 5.41) is 3.07. The first-order valence-corrected chi connectivity index (χ1v) is 24.2. The number of fused-ring (bicyclic) bond motifs is 2. The fourth-order valence-electron chi connectivity index (χ4n) is 10.3. The smallest absolute Gasteiger partial charge is 0.224 e. The van der Waals surface area contributed by atoms with Crippen molar-refractivity contribution in [1.29, 1.82) is 0 Å². The summed E-state index contributed by atoms with van der Waals surface area (Å²) in [6.07, 6.45) is 20.5. The van der Waals surface area contributed by atoms with Crippen LogP contribution in [0.2, 0.25) is 0 Å². The molecule has 6 nitrogen and oxygen atoms in total. The Balaban J connectivity index is 0.000000203. The molecule has 2 heterocycles. The number of rotatable bonds is 11. The highest BCUT2D eigenvalue weighted by Gasteiger charge is 2.23. The molecule has 348 valence electrons. The number of amides is 1. The quantitative estimate of drug-likeness (QED) is 0.116. The van der Waals surface area contributed by atoms with Gasteiger partial charge in [-0.05, 0) is 183 Å². The van der Waals surface area contributed by atoms with Crippen LogP contribution in [0.15, 0.2) is 60.7 Å². The topological polar surface area (TPSA) is 78.7 Å². The van der Waals surface area contributed by atoms with Crippen molar-refractivity contribution in [2.75, 3.05) is 33.9 Å². The predicted molar refractivity (Wildman–Crippen MR) is 266 cm³/mol. The molecule has 2 aliphatic carbocycles. The Kier molecular flexibility index (Phi) is 19.6. The number of nitrogens with two attached hydrogens (primary N) is 1. The second-order valence-electron chi connectivity index (χ2n) is 18.7. The molecule has 4 aromatic rings. The Bertz CT molecular complexity index is 2130. The van der Waals surface area contributed by atoms with E-state index in [1.165, 1.54) is 122 Å². The van der Waals surface area contributed by atoms with Gasteiger partial charge in [-0.25, -0.2) is 8.78 Å². The molecule has 8 rings (SSSR count). The number of aryl methyl sites for hydroxylation is 2. The molecule has 4 aromatic carbocycles. The van der Waals surface area contributed by atoms with E-state index in [9.17, 15) is 18.4 Å². The molecule has 2 fully saturated rings. The summed E-state index contributed by atoms with van der Waals surface area (Å²) in [5.74, 6) is 1.30. The molecule has 3 N–H and O–H groups in total. The molecule has 0 spiro atoms. The molecule has 4 aliphatic rings. The average Bonchev–Trinajstić information content (AvgIpc) is 3.93. The number of nitrogen functional groups attached to an aromatic ring is 1. The highest BCUT2D eigenvalue weighted by Crippen LogP contribution is 2.38. The van der Waals surface area contributed by atoms with E-state index in [2.05, 4.69) is 54.9 Å². The van der Waals surface area contributed by atoms with Crippen LogP contribution in [-0.2, 0) is 35.5 Å². The minimum atomic E-state index is -0.194. The van der Waals surface area contributed by atoms with Gasteiger partial charge in [-0.1, -0.05) is 83.1 Å². The van der Waals surface area contributed by atoms with Gasteiger partial charge in [0.25, 0.3) is 0 Å². The van der Waals surface area contributed by atoms with Crippen molar-refractivity contribution in [3.63, 3.8) is 0 Å². The van der Waals surface area contributed by atoms with E-state index in [1.807, 2.05) is 24.3 Å². The van der Waals surface area contributed by atoms with Gasteiger partial charge in [0.05, 0.1) is 0 Å². The van der Waals surface area contributed by atoms with Crippen LogP contribution < -0.4 is 20.9 Å². The van der Waals surface area contributed by atoms with Crippen molar-refractivity contribution in [1.82, 2.24) is 0 Å². The number of carbonyl (C=O) groups excluding carboxylic acids is 2. The first kappa shape index (κ1) is 50.6. The summed E-state index contributed by atoms with van der Waals surface area (Å²) in [6, 6.07) is 18.1. The second-order valence-corrected chi connectivity index (χ2v) is 19.1. The molecule has 2 saturated carbocycles. The summed E-state index contributed by atoms with van der Waals surface area (Å²) in [5.41, 5.74) is 20.4. The number of hydrogen-bond donors (Lipinski definition) is 2. The maximum absolute atomic E-state index is 13.3. The third-order valence-electron chi connectivity index (χ3n) is 14.0. The van der Waals surface area contributed by atoms with Crippen LogP contribution in [0.4, 0.5) is 31.5 Å². The molecule has 64 heavy (non-hydrogen) atoms. The van der Waals surface area contributed by atoms with Gasteiger partial charge < -0.3 is 20.9 Å². The molecule has 0 atom stereocenters. The van der Waals surface area contributed by atoms with Crippen LogP contribution >= 0.6 is 11.6 Å². The molecule has 0 bridgehead atoms. The minimum absolute atomic E-state index is 0. The van der Waals surface area contributed by atoms with E-state index in [-0.39, 0.29) is 30.2 Å². The number of halogens is 3. The Morgan fingerprint density at radius 3 is 1.55 bits per heavy atom. The maximum Gasteiger partial charge on any atom is 0.224 e. The van der Waals surface area contributed by atoms with Gasteiger partial charge in [0.15, 0.2) is 0 Å². The van der Waals surface area contributed by atoms with Crippen LogP contribution in [0.5, 0.6) is 0 Å². The zero-order chi connectivity index (χ0) is 44.9. The third kappa shape index (κ3) is 14.3. The molecule has 0 aromatic heterocycles. The van der Waals surface area contributed by atoms with Crippen molar-refractivity contribution < 1.29 is 18.4 Å². The van der Waals surface area contributed by atoms with Gasteiger partial charge in [-0.2, -0.15) is 0 Å². The number of hydrogen-bond acceptors (Lipinski definition) is 5. The van der Waals surface area contributed by atoms with Crippen LogP contribution in [0, 0.1) is 51.2 Å². The van der Waals surface area contributed by atoms with Crippen molar-refractivity contribution in [2.45, 2.75) is 164 Å². The maximum atomic E-state index is 13.3. The summed E-state index contributed by atoms with van der Waals surface area (Å²) in [4.78, 5) is 27.9. The third-order valence-corrected chi connectivity index (χ3v) is 14.2. The molecule has 0 saturated heterocycles. The Hall–Kier alpha value is -4.43. The standard InChI is InChI=1S/C27H35FN2O.C19H23FN2.C8H13ClO.CH4/c1-19-17-25-24(9-5-6-16-30(25)18-22-10-13-23(28)14-11-22)20(2)27(19)29-26(31)15-12-21-7-3-4-8-21;1-13-11-18-17(14(2)19(13)21)5-3-4-10-22(18)12-15-6-8-16(20)9-7-15;9-8(10)6-5-7-3-1-2-4-7;/h10-11,13-14,17,21H,3-9,12,15-16,18H2,1-2H3,(H,29,31);6-9,11H,3-5,10,12,21H2,1-2H3;7H,1-6H2;1H4. The van der Waals surface area contributed by atoms with Gasteiger partial charge in [-0.15, -0.1) is 0 Å². The van der Waals surface area contributed by atoms with E-state index in [0.29, 0.717) is 12.8 Å². The minimum Gasteiger partial charge on any atom is -0.398 e. The van der Waals surface area contributed by atoms with Gasteiger partial charge in [-0.3, -0.25) is 9.59 Å². The molecular weight excluding hydrogens is 822 g/mol. The number of nitrogens with one attached hydrogen (secondary N) is 1. The summed E-state index contributed by atoms with van der Waals surface area (Å²) in [6.45, 7) is 12.1. The largest absolute Gasteiger partial charge is 0.398 e. The molecule has 9 heteroatoms. The van der Waals surface area contributed by atoms with E-state index < -0.39 is 0 Å². The number of anilines is 4. The van der Waals surface area contributed by atoms with E-state index >= 15 is 0 Å². The lowest BCUT2D eigenvalue weighted by molar-refractivity contribution is -0.116. The lowest BCUT2D eigenvalue weighted by Gasteiger charge is -2.28. The molecule has 2 aliphatic heterocycles. The van der Waals surface area contributed by atoms with E-state index in [0.717, 1.165) is 110 Å². The van der Waals surface area contributed by atoms with E-state index in [4.69, 9.17) is 17.3 Å². The highest BCUT2D eigenvalue weighted by atomic mass is 35.5. The second kappa shape index (κ2) is 24.7. The average molecular weight is 898 g/mol. The van der Waals surface area contributed by atoms with E-state index in [1.54, 1.807) is 0 Å². The first-order chi connectivity index (χ1) is 30.4. The van der Waals surface area contributed by atoms with Crippen molar-refractivity contribution in [3.05, 3.63) is 117 Å². The molecule has 0 unspecified atom stereocenters. The molecule has 1 amide bonds. The fraction of sp³-hybridized carbons (Fsp3) is 0.527. The summed E-state index contributed by atoms with van der Waals surface area (Å²) < 4.78 is 26.4. The fourth-order valence-corrected chi connectivity index (χ4v) is 10.4. The first-order valence-electron chi connectivity index (χ1n) is 23.8. The normalized spacial score (nSPS) is 16.2. The number of benzene rings is 4. The summed E-state index contributed by atoms with van der Waals surface area (Å²) >= 11 is 5.22. The van der Waals surface area contributed by atoms with Crippen LogP contribution in [0.3, 0.4) is 0 Å². The summed E-state index contributed by atoms with van der Waals surface area (Å²) in [7, 11) is 0. The lowest BCUT2D eigenvalue weighted by Crippen LogP contribution is -2.24. The van der Waals surface area contributed by atoms with Crippen molar-refractivity contribution in [3.8, 4) is 0 Å². The Labute approximate surface area is 388 Å². The SMILES string of the molecule is C.Cc1cc2c(c(C)c1N)CCCCN2Cc1ccc(F)cc1.Cc1cc2c(c(C)c1NC(=O)CCC1CCCC1)CCCCN2Cc1ccc(F)cc1.O=C(Cl)CCC1CCCC1. The number of nitrogens with zero attached hydrogens (tertiary/aromatic N) is 2. The monoisotopic (exact) mass is 897 g/mol. The lowest BCUT2D eigenvalue weighted by atomic mass is 9.96. The van der Waals surface area contributed by atoms with Gasteiger partial charge in [0.1, 0.15) is 11.6 Å². The zero-order valence-corrected chi connectivity index (χ0v) is 39.2. The van der Waals surface area contributed by atoms with Crippen molar-refractivity contribution >= 4 is 45.5 Å². The zero-order valence-electron chi connectivity index (χ0n) is 38.4. The van der Waals surface area contributed by atoms with Crippen LogP contribution in [-0.4, -0.2) is 24.2 Å². The van der Waals surface area contributed by atoms with Crippen LogP contribution in [0.25, 0.3) is 0 Å². The Morgan fingerprint density at radius 1 is 0.641 bits per heavy atom.